The van der Waals surface area contributed by atoms with Crippen LogP contribution in [0.3, 0.4) is 0 Å². The average Bonchev–Trinajstić information content (AvgIpc) is 3.31. The van der Waals surface area contributed by atoms with Gasteiger partial charge < -0.3 is 24.3 Å². The molecule has 0 spiro atoms. The van der Waals surface area contributed by atoms with E-state index in [0.29, 0.717) is 12.7 Å². The molecule has 150 valence electrons. The van der Waals surface area contributed by atoms with Gasteiger partial charge in [0.2, 0.25) is 6.79 Å². The number of aromatic nitrogens is 3. The molecule has 0 fully saturated rings. The average molecular weight is 384 g/mol. The fourth-order valence-electron chi connectivity index (χ4n) is 3.75. The van der Waals surface area contributed by atoms with Gasteiger partial charge >= 0.3 is 0 Å². The van der Waals surface area contributed by atoms with Gasteiger partial charge in [0.15, 0.2) is 17.5 Å². The number of fused-ring (bicyclic) bond motifs is 2. The fraction of sp³-hybridized carbons (Fsp3) is 0.550. The van der Waals surface area contributed by atoms with Gasteiger partial charge in [-0.05, 0) is 43.9 Å². The highest BCUT2D eigenvalue weighted by molar-refractivity contribution is 5.79. The zero-order chi connectivity index (χ0) is 19.5. The first-order valence-corrected chi connectivity index (χ1v) is 9.90. The molecular weight excluding hydrogens is 356 g/mol. The number of hydrogen-bond acceptors (Lipinski definition) is 5. The van der Waals surface area contributed by atoms with Crippen LogP contribution in [0.5, 0.6) is 11.5 Å². The lowest BCUT2D eigenvalue weighted by Crippen LogP contribution is -2.39. The summed E-state index contributed by atoms with van der Waals surface area (Å²) in [6, 6.07) is 6.08. The van der Waals surface area contributed by atoms with Crippen molar-refractivity contribution in [3.8, 4) is 11.5 Å². The first-order chi connectivity index (χ1) is 13.6. The largest absolute Gasteiger partial charge is 0.454 e. The molecule has 0 radical (unpaired) electrons. The number of benzene rings is 1. The molecule has 8 nitrogen and oxygen atoms in total. The molecule has 1 aromatic heterocycles. The Morgan fingerprint density at radius 2 is 2.18 bits per heavy atom. The molecule has 2 aromatic rings. The molecule has 1 atom stereocenters. The molecule has 4 rings (SSSR count). The van der Waals surface area contributed by atoms with Gasteiger partial charge in [0.1, 0.15) is 11.6 Å². The van der Waals surface area contributed by atoms with Crippen LogP contribution in [-0.2, 0) is 19.5 Å². The second-order valence-corrected chi connectivity index (χ2v) is 7.42. The van der Waals surface area contributed by atoms with E-state index in [9.17, 15) is 0 Å². The van der Waals surface area contributed by atoms with Crippen LogP contribution in [0, 0.1) is 12.8 Å². The maximum Gasteiger partial charge on any atom is 0.231 e. The van der Waals surface area contributed by atoms with Crippen LogP contribution in [0.15, 0.2) is 23.2 Å². The summed E-state index contributed by atoms with van der Waals surface area (Å²) in [5.74, 6) is 5.16. The van der Waals surface area contributed by atoms with Crippen molar-refractivity contribution < 1.29 is 9.47 Å². The molecule has 2 aliphatic rings. The highest BCUT2D eigenvalue weighted by Crippen LogP contribution is 2.32. The maximum absolute atomic E-state index is 5.49. The second kappa shape index (κ2) is 8.08. The third kappa shape index (κ3) is 3.90. The van der Waals surface area contributed by atoms with E-state index in [-0.39, 0.29) is 0 Å². The standard InChI is InChI=1S/C20H28N6O2/c1-4-21-20(22-10-16-6-8-19-24-23-14(2)26(19)12-16)25(3)11-15-5-7-17-18(9-15)28-13-27-17/h5,7,9,16H,4,6,8,10-13H2,1-3H3,(H,21,22). The highest BCUT2D eigenvalue weighted by atomic mass is 16.7. The topological polar surface area (TPSA) is 76.8 Å². The lowest BCUT2D eigenvalue weighted by atomic mass is 9.99. The summed E-state index contributed by atoms with van der Waals surface area (Å²) in [6.07, 6.45) is 2.08. The van der Waals surface area contributed by atoms with Crippen molar-refractivity contribution >= 4 is 5.96 Å². The summed E-state index contributed by atoms with van der Waals surface area (Å²) in [7, 11) is 2.06. The van der Waals surface area contributed by atoms with Crippen LogP contribution in [0.25, 0.3) is 0 Å². The van der Waals surface area contributed by atoms with E-state index >= 15 is 0 Å². The molecule has 1 N–H and O–H groups in total. The predicted molar refractivity (Wildman–Crippen MR) is 107 cm³/mol. The molecule has 0 amide bonds. The second-order valence-electron chi connectivity index (χ2n) is 7.42. The number of ether oxygens (including phenoxy) is 2. The summed E-state index contributed by atoms with van der Waals surface area (Å²) in [5.41, 5.74) is 1.17. The maximum atomic E-state index is 5.49. The Kier molecular flexibility index (Phi) is 5.36. The van der Waals surface area contributed by atoms with Crippen molar-refractivity contribution in [1.82, 2.24) is 25.0 Å². The smallest absolute Gasteiger partial charge is 0.231 e. The zero-order valence-electron chi connectivity index (χ0n) is 16.8. The van der Waals surface area contributed by atoms with Crippen molar-refractivity contribution in [3.63, 3.8) is 0 Å². The summed E-state index contributed by atoms with van der Waals surface area (Å²) in [4.78, 5) is 7.07. The highest BCUT2D eigenvalue weighted by Gasteiger charge is 2.22. The van der Waals surface area contributed by atoms with Gasteiger partial charge in [-0.3, -0.25) is 4.99 Å². The Morgan fingerprint density at radius 1 is 1.32 bits per heavy atom. The van der Waals surface area contributed by atoms with Gasteiger partial charge in [-0.25, -0.2) is 0 Å². The number of aliphatic imine (C=N–C) groups is 1. The number of hydrogen-bond donors (Lipinski definition) is 1. The van der Waals surface area contributed by atoms with Crippen molar-refractivity contribution in [2.24, 2.45) is 10.9 Å². The molecule has 0 aliphatic carbocycles. The zero-order valence-corrected chi connectivity index (χ0v) is 16.8. The molecular formula is C20H28N6O2. The number of rotatable bonds is 5. The molecule has 0 saturated heterocycles. The van der Waals surface area contributed by atoms with Crippen molar-refractivity contribution in [1.29, 1.82) is 0 Å². The normalized spacial score (nSPS) is 18.1. The summed E-state index contributed by atoms with van der Waals surface area (Å²) >= 11 is 0. The lowest BCUT2D eigenvalue weighted by Gasteiger charge is -2.25. The minimum Gasteiger partial charge on any atom is -0.454 e. The Hall–Kier alpha value is -2.77. The van der Waals surface area contributed by atoms with Gasteiger partial charge in [0.25, 0.3) is 0 Å². The summed E-state index contributed by atoms with van der Waals surface area (Å²) in [6.45, 7) is 7.75. The fourth-order valence-corrected chi connectivity index (χ4v) is 3.75. The van der Waals surface area contributed by atoms with Crippen molar-refractivity contribution in [2.45, 2.75) is 39.8 Å². The molecule has 1 aromatic carbocycles. The summed E-state index contributed by atoms with van der Waals surface area (Å²) < 4.78 is 13.1. The summed E-state index contributed by atoms with van der Waals surface area (Å²) in [5, 5.41) is 11.9. The predicted octanol–water partition coefficient (Wildman–Crippen LogP) is 1.98. The Morgan fingerprint density at radius 3 is 3.04 bits per heavy atom. The van der Waals surface area contributed by atoms with Crippen LogP contribution in [0.1, 0.15) is 30.6 Å². The minimum atomic E-state index is 0.299. The van der Waals surface area contributed by atoms with E-state index in [0.717, 1.165) is 68.1 Å². The Balaban J connectivity index is 1.40. The molecule has 0 saturated carbocycles. The van der Waals surface area contributed by atoms with Crippen molar-refractivity contribution in [2.75, 3.05) is 26.9 Å². The quantitative estimate of drug-likeness (QED) is 0.627. The number of guanidine groups is 1. The molecule has 2 aliphatic heterocycles. The van der Waals surface area contributed by atoms with Gasteiger partial charge in [0, 0.05) is 39.6 Å². The van der Waals surface area contributed by atoms with Crippen molar-refractivity contribution in [3.05, 3.63) is 35.4 Å². The van der Waals surface area contributed by atoms with Gasteiger partial charge in [-0.15, -0.1) is 10.2 Å². The van der Waals surface area contributed by atoms with Gasteiger partial charge in [-0.1, -0.05) is 6.07 Å². The van der Waals surface area contributed by atoms with Crippen LogP contribution < -0.4 is 14.8 Å². The number of aryl methyl sites for hydroxylation is 2. The minimum absolute atomic E-state index is 0.299. The van der Waals surface area contributed by atoms with E-state index in [1.807, 2.05) is 19.1 Å². The van der Waals surface area contributed by atoms with E-state index in [2.05, 4.69) is 45.0 Å². The lowest BCUT2D eigenvalue weighted by molar-refractivity contribution is 0.174. The van der Waals surface area contributed by atoms with E-state index in [4.69, 9.17) is 14.5 Å². The first kappa shape index (κ1) is 18.6. The SMILES string of the molecule is CCNC(=NCC1CCc2nnc(C)n2C1)N(C)Cc1ccc2c(c1)OCO2. The van der Waals surface area contributed by atoms with Gasteiger partial charge in [-0.2, -0.15) is 0 Å². The number of nitrogens with one attached hydrogen (secondary N) is 1. The van der Waals surface area contributed by atoms with Crippen LogP contribution in [-0.4, -0.2) is 52.6 Å². The Labute approximate surface area is 165 Å². The van der Waals surface area contributed by atoms with Crippen LogP contribution in [0.4, 0.5) is 0 Å². The Bertz CT molecular complexity index is 862. The molecule has 3 heterocycles. The number of nitrogens with zero attached hydrogens (tertiary/aromatic N) is 5. The third-order valence-electron chi connectivity index (χ3n) is 5.28. The molecule has 8 heteroatoms. The van der Waals surface area contributed by atoms with E-state index < -0.39 is 0 Å². The van der Waals surface area contributed by atoms with Crippen LogP contribution >= 0.6 is 0 Å². The monoisotopic (exact) mass is 384 g/mol. The third-order valence-corrected chi connectivity index (χ3v) is 5.28. The van der Waals surface area contributed by atoms with E-state index in [1.54, 1.807) is 0 Å². The first-order valence-electron chi connectivity index (χ1n) is 9.90. The molecule has 0 bridgehead atoms. The van der Waals surface area contributed by atoms with Gasteiger partial charge in [0.05, 0.1) is 0 Å². The van der Waals surface area contributed by atoms with E-state index in [1.165, 1.54) is 5.56 Å². The van der Waals surface area contributed by atoms with Crippen LogP contribution in [0.2, 0.25) is 0 Å². The molecule has 1 unspecified atom stereocenters. The molecule has 28 heavy (non-hydrogen) atoms.